The summed E-state index contributed by atoms with van der Waals surface area (Å²) >= 11 is 0. The zero-order valence-electron chi connectivity index (χ0n) is 25.6. The van der Waals surface area contributed by atoms with Gasteiger partial charge in [-0.2, -0.15) is 5.10 Å². The van der Waals surface area contributed by atoms with Crippen LogP contribution in [0.2, 0.25) is 0 Å². The molecular formula is C34H42N8O2. The highest BCUT2D eigenvalue weighted by Crippen LogP contribution is 2.40. The zero-order valence-corrected chi connectivity index (χ0v) is 25.6. The minimum atomic E-state index is -0.180. The Morgan fingerprint density at radius 2 is 1.89 bits per heavy atom. The molecule has 1 spiro atoms. The summed E-state index contributed by atoms with van der Waals surface area (Å²) in [5, 5.41) is 18.2. The van der Waals surface area contributed by atoms with Crippen LogP contribution in [0.25, 0.3) is 10.9 Å². The molecule has 6 rings (SSSR count). The molecule has 4 N–H and O–H groups in total. The van der Waals surface area contributed by atoms with Crippen LogP contribution < -0.4 is 16.0 Å². The number of amides is 1. The molecule has 2 aliphatic heterocycles. The number of likely N-dealkylation sites (N-methyl/N-ethyl adjacent to an activating group) is 2. The molecule has 0 saturated carbocycles. The first kappa shape index (κ1) is 30.9. The van der Waals surface area contributed by atoms with E-state index in [1.54, 1.807) is 0 Å². The number of benzene rings is 2. The fraction of sp³-hybridized carbons (Fsp3) is 0.353. The number of aromatic nitrogens is 3. The second-order valence-corrected chi connectivity index (χ2v) is 11.6. The van der Waals surface area contributed by atoms with Crippen LogP contribution in [0, 0.1) is 0 Å². The third-order valence-corrected chi connectivity index (χ3v) is 8.69. The van der Waals surface area contributed by atoms with Crippen LogP contribution in [0.4, 0.5) is 5.69 Å². The van der Waals surface area contributed by atoms with Crippen molar-refractivity contribution < 1.29 is 9.59 Å². The van der Waals surface area contributed by atoms with Crippen LogP contribution in [-0.4, -0.2) is 77.4 Å². The molecule has 230 valence electrons. The Bertz CT molecular complexity index is 1560. The average Bonchev–Trinajstić information content (AvgIpc) is 3.54. The van der Waals surface area contributed by atoms with Crippen LogP contribution in [-0.2, 0) is 34.5 Å². The van der Waals surface area contributed by atoms with E-state index in [0.717, 1.165) is 80.5 Å². The smallest absolute Gasteiger partial charge is 0.209 e. The van der Waals surface area contributed by atoms with Gasteiger partial charge >= 0.3 is 0 Å². The largest absolute Gasteiger partial charge is 0.362 e. The molecule has 1 fully saturated rings. The first-order chi connectivity index (χ1) is 21.4. The molecule has 1 saturated heterocycles. The highest BCUT2D eigenvalue weighted by atomic mass is 16.1. The van der Waals surface area contributed by atoms with Crippen molar-refractivity contribution in [1.29, 1.82) is 0 Å². The Morgan fingerprint density at radius 1 is 1.11 bits per heavy atom. The second-order valence-electron chi connectivity index (χ2n) is 11.6. The molecule has 4 aromatic rings. The minimum Gasteiger partial charge on any atom is -0.362 e. The summed E-state index contributed by atoms with van der Waals surface area (Å²) in [6.07, 6.45) is 10.9. The second kappa shape index (κ2) is 14.3. The third kappa shape index (κ3) is 7.15. The van der Waals surface area contributed by atoms with Gasteiger partial charge in [0.1, 0.15) is 6.29 Å². The normalized spacial score (nSPS) is 16.0. The molecule has 44 heavy (non-hydrogen) atoms. The maximum atomic E-state index is 11.3. The van der Waals surface area contributed by atoms with Gasteiger partial charge < -0.3 is 30.5 Å². The van der Waals surface area contributed by atoms with Gasteiger partial charge in [-0.15, -0.1) is 0 Å². The molecule has 2 aliphatic rings. The molecule has 1 amide bonds. The maximum absolute atomic E-state index is 11.3. The fourth-order valence-corrected chi connectivity index (χ4v) is 6.14. The van der Waals surface area contributed by atoms with E-state index in [-0.39, 0.29) is 11.6 Å². The Hall–Kier alpha value is -4.54. The number of fused-ring (bicyclic) bond motifs is 3. The predicted octanol–water partition coefficient (Wildman–Crippen LogP) is 3.58. The summed E-state index contributed by atoms with van der Waals surface area (Å²) in [5.41, 5.74) is 7.06. The summed E-state index contributed by atoms with van der Waals surface area (Å²) in [7, 11) is 3.94. The van der Waals surface area contributed by atoms with Gasteiger partial charge in [0.05, 0.1) is 29.1 Å². The Kier molecular flexibility index (Phi) is 10.0. The first-order valence-corrected chi connectivity index (χ1v) is 15.1. The van der Waals surface area contributed by atoms with Crippen molar-refractivity contribution in [2.45, 2.75) is 43.8 Å². The van der Waals surface area contributed by atoms with Crippen molar-refractivity contribution in [1.82, 2.24) is 35.6 Å². The van der Waals surface area contributed by atoms with Gasteiger partial charge in [-0.25, -0.2) is 0 Å². The lowest BCUT2D eigenvalue weighted by Gasteiger charge is -2.46. The summed E-state index contributed by atoms with van der Waals surface area (Å²) in [5.74, 6) is 0.841. The number of aromatic amines is 1. The molecule has 0 bridgehead atoms. The number of hydrogen-bond donors (Lipinski definition) is 4. The monoisotopic (exact) mass is 594 g/mol. The number of likely N-dealkylation sites (tertiary alicyclic amines) is 1. The Labute approximate surface area is 258 Å². The van der Waals surface area contributed by atoms with E-state index in [1.807, 2.05) is 42.7 Å². The quantitative estimate of drug-likeness (QED) is 0.206. The number of H-pyrrole nitrogens is 1. The van der Waals surface area contributed by atoms with E-state index in [2.05, 4.69) is 86.1 Å². The van der Waals surface area contributed by atoms with Crippen molar-refractivity contribution in [3.63, 3.8) is 0 Å². The minimum absolute atomic E-state index is 0.0710. The molecule has 10 heteroatoms. The van der Waals surface area contributed by atoms with Gasteiger partial charge in [0.15, 0.2) is 0 Å². The van der Waals surface area contributed by atoms with Crippen LogP contribution in [0.3, 0.4) is 0 Å². The number of para-hydroxylation sites is 1. The van der Waals surface area contributed by atoms with Crippen LogP contribution in [0.15, 0.2) is 79.5 Å². The lowest BCUT2D eigenvalue weighted by atomic mass is 9.79. The van der Waals surface area contributed by atoms with E-state index in [0.29, 0.717) is 6.42 Å². The van der Waals surface area contributed by atoms with Crippen molar-refractivity contribution in [2.75, 3.05) is 39.0 Å². The highest BCUT2D eigenvalue weighted by Gasteiger charge is 2.40. The molecular weight excluding hydrogens is 552 g/mol. The van der Waals surface area contributed by atoms with E-state index >= 15 is 0 Å². The summed E-state index contributed by atoms with van der Waals surface area (Å²) in [6, 6.07) is 16.4. The van der Waals surface area contributed by atoms with Gasteiger partial charge in [0.25, 0.3) is 0 Å². The number of aldehydes is 1. The molecule has 0 aliphatic carbocycles. The number of carbonyl (C=O) groups excluding carboxylic acids is 2. The van der Waals surface area contributed by atoms with Crippen LogP contribution in [0.1, 0.15) is 35.1 Å². The number of carbonyl (C=O) groups is 2. The number of nitrogens with zero attached hydrogens (tertiary/aromatic N) is 4. The van der Waals surface area contributed by atoms with Gasteiger partial charge in [0, 0.05) is 55.2 Å². The standard InChI is InChI=1S/C20H25N5O.C14H17N3O/c1-21-17(14-26)11-16-3-4-20-18(12-23-24-20)19(16)13-25(2)10-7-15-5-8-22-9-6-15;1-11-15-13-5-3-2-4-12(13)14(16-11)6-8-17(10-18)9-7-14/h3-6,8-9,12,14,17,21H,7,10-11,13H2,1-2H3,(H,23,24);2-5,10,15-16H,1,6-9H2. The number of anilines is 1. The Morgan fingerprint density at radius 3 is 2.61 bits per heavy atom. The number of hydrogen-bond acceptors (Lipinski definition) is 8. The number of pyridine rings is 1. The molecule has 10 nitrogen and oxygen atoms in total. The van der Waals surface area contributed by atoms with E-state index < -0.39 is 0 Å². The lowest BCUT2D eigenvalue weighted by Crippen LogP contribution is -2.53. The SMILES string of the molecule is C=C1Nc2ccccc2C2(CCN(C=O)CC2)N1.CNC(C=O)Cc1ccc2[nH]ncc2c1CN(C)CCc1ccncc1. The Balaban J connectivity index is 0.000000186. The van der Waals surface area contributed by atoms with Crippen molar-refractivity contribution >= 4 is 29.3 Å². The third-order valence-electron chi connectivity index (χ3n) is 8.69. The molecule has 1 atom stereocenters. The zero-order chi connectivity index (χ0) is 30.9. The summed E-state index contributed by atoms with van der Waals surface area (Å²) in [4.78, 5) is 30.3. The van der Waals surface area contributed by atoms with E-state index in [1.165, 1.54) is 22.3 Å². The topological polar surface area (TPSA) is 118 Å². The fourth-order valence-electron chi connectivity index (χ4n) is 6.14. The molecule has 2 aromatic carbocycles. The number of rotatable bonds is 10. The van der Waals surface area contributed by atoms with Gasteiger partial charge in [0.2, 0.25) is 6.41 Å². The molecule has 4 heterocycles. The van der Waals surface area contributed by atoms with Crippen molar-refractivity contribution in [3.05, 3.63) is 102 Å². The molecule has 2 aromatic heterocycles. The van der Waals surface area contributed by atoms with Crippen LogP contribution in [0.5, 0.6) is 0 Å². The summed E-state index contributed by atoms with van der Waals surface area (Å²) in [6.45, 7) is 7.33. The van der Waals surface area contributed by atoms with Gasteiger partial charge in [-0.3, -0.25) is 14.9 Å². The maximum Gasteiger partial charge on any atom is 0.209 e. The number of nitrogens with one attached hydrogen (secondary N) is 4. The first-order valence-electron chi connectivity index (χ1n) is 15.1. The molecule has 1 unspecified atom stereocenters. The van der Waals surface area contributed by atoms with Crippen molar-refractivity contribution in [3.8, 4) is 0 Å². The lowest BCUT2D eigenvalue weighted by molar-refractivity contribution is -0.119. The van der Waals surface area contributed by atoms with E-state index in [9.17, 15) is 9.59 Å². The summed E-state index contributed by atoms with van der Waals surface area (Å²) < 4.78 is 0. The predicted molar refractivity (Wildman–Crippen MR) is 174 cm³/mol. The van der Waals surface area contributed by atoms with E-state index in [4.69, 9.17) is 0 Å². The average molecular weight is 595 g/mol. The van der Waals surface area contributed by atoms with Crippen LogP contribution >= 0.6 is 0 Å². The van der Waals surface area contributed by atoms with Gasteiger partial charge in [-0.05, 0) is 80.7 Å². The number of piperidine rings is 1. The molecule has 0 radical (unpaired) electrons. The highest BCUT2D eigenvalue weighted by molar-refractivity contribution is 5.83. The van der Waals surface area contributed by atoms with Crippen molar-refractivity contribution in [2.24, 2.45) is 0 Å². The van der Waals surface area contributed by atoms with Gasteiger partial charge in [-0.1, -0.05) is 30.8 Å².